The van der Waals surface area contributed by atoms with Gasteiger partial charge in [-0.1, -0.05) is 22.0 Å². The van der Waals surface area contributed by atoms with Crippen molar-refractivity contribution in [2.75, 3.05) is 0 Å². The van der Waals surface area contributed by atoms with E-state index in [1.807, 2.05) is 29.7 Å². The summed E-state index contributed by atoms with van der Waals surface area (Å²) in [5.41, 5.74) is 3.94. The average molecular weight is 331 g/mol. The molecule has 0 saturated carbocycles. The zero-order valence-electron chi connectivity index (χ0n) is 10.7. The van der Waals surface area contributed by atoms with Gasteiger partial charge in [-0.2, -0.15) is 0 Å². The third-order valence-corrected chi connectivity index (χ3v) is 3.72. The maximum atomic E-state index is 11.0. The molecule has 0 spiro atoms. The summed E-state index contributed by atoms with van der Waals surface area (Å²) in [5.74, 6) is -0.944. The van der Waals surface area contributed by atoms with Crippen LogP contribution in [-0.2, 0) is 0 Å². The molecule has 1 heterocycles. The van der Waals surface area contributed by atoms with Gasteiger partial charge in [0, 0.05) is 4.47 Å². The summed E-state index contributed by atoms with van der Waals surface area (Å²) >= 11 is 3.47. The van der Waals surface area contributed by atoms with E-state index >= 15 is 0 Å². The van der Waals surface area contributed by atoms with E-state index in [0.717, 1.165) is 21.2 Å². The molecule has 1 aromatic heterocycles. The molecule has 20 heavy (non-hydrogen) atoms. The van der Waals surface area contributed by atoms with Gasteiger partial charge in [0.2, 0.25) is 0 Å². The molecule has 100 valence electrons. The Bertz CT molecular complexity index is 824. The normalized spacial score (nSPS) is 10.9. The van der Waals surface area contributed by atoms with Gasteiger partial charge in [-0.25, -0.2) is 9.78 Å². The van der Waals surface area contributed by atoms with Crippen LogP contribution in [0.2, 0.25) is 0 Å². The second-order valence-electron chi connectivity index (χ2n) is 4.55. The first-order chi connectivity index (χ1) is 9.56. The molecule has 5 heteroatoms. The first kappa shape index (κ1) is 12.9. The molecule has 0 radical (unpaired) electrons. The Morgan fingerprint density at radius 2 is 2.05 bits per heavy atom. The fourth-order valence-electron chi connectivity index (χ4n) is 2.18. The molecule has 0 aliphatic heterocycles. The van der Waals surface area contributed by atoms with Gasteiger partial charge in [0.15, 0.2) is 0 Å². The lowest BCUT2D eigenvalue weighted by Crippen LogP contribution is -1.97. The number of fused-ring (bicyclic) bond motifs is 1. The van der Waals surface area contributed by atoms with Crippen molar-refractivity contribution in [3.05, 3.63) is 58.3 Å². The van der Waals surface area contributed by atoms with Crippen LogP contribution in [0, 0.1) is 6.92 Å². The zero-order chi connectivity index (χ0) is 14.3. The van der Waals surface area contributed by atoms with Crippen molar-refractivity contribution in [3.8, 4) is 5.69 Å². The Kier molecular flexibility index (Phi) is 3.06. The lowest BCUT2D eigenvalue weighted by Gasteiger charge is -2.08. The van der Waals surface area contributed by atoms with Crippen LogP contribution in [-0.4, -0.2) is 20.6 Å². The number of aromatic nitrogens is 2. The predicted octanol–water partition coefficient (Wildman–Crippen LogP) is 3.79. The molecule has 0 fully saturated rings. The quantitative estimate of drug-likeness (QED) is 0.777. The minimum atomic E-state index is -0.944. The van der Waals surface area contributed by atoms with E-state index in [2.05, 4.69) is 20.9 Å². The summed E-state index contributed by atoms with van der Waals surface area (Å²) in [5, 5.41) is 9.01. The van der Waals surface area contributed by atoms with Crippen LogP contribution in [0.15, 0.2) is 47.2 Å². The Balaban J connectivity index is 2.22. The minimum Gasteiger partial charge on any atom is -0.478 e. The molecule has 0 atom stereocenters. The number of hydrogen-bond donors (Lipinski definition) is 1. The molecule has 0 unspecified atom stereocenters. The maximum absolute atomic E-state index is 11.0. The summed E-state index contributed by atoms with van der Waals surface area (Å²) in [6.45, 7) is 2.03. The van der Waals surface area contributed by atoms with Crippen molar-refractivity contribution >= 4 is 32.9 Å². The molecule has 0 saturated heterocycles. The van der Waals surface area contributed by atoms with Crippen LogP contribution in [0.25, 0.3) is 16.7 Å². The van der Waals surface area contributed by atoms with Crippen molar-refractivity contribution in [2.45, 2.75) is 6.92 Å². The van der Waals surface area contributed by atoms with Crippen molar-refractivity contribution in [1.82, 2.24) is 9.55 Å². The van der Waals surface area contributed by atoms with Gasteiger partial charge in [-0.15, -0.1) is 0 Å². The number of carbonyl (C=O) groups is 1. The molecule has 0 aliphatic rings. The molecule has 0 bridgehead atoms. The van der Waals surface area contributed by atoms with E-state index < -0.39 is 5.97 Å². The van der Waals surface area contributed by atoms with Crippen LogP contribution < -0.4 is 0 Å². The largest absolute Gasteiger partial charge is 0.478 e. The van der Waals surface area contributed by atoms with Gasteiger partial charge in [-0.3, -0.25) is 4.57 Å². The second-order valence-corrected chi connectivity index (χ2v) is 5.47. The lowest BCUT2D eigenvalue weighted by atomic mass is 10.1. The highest BCUT2D eigenvalue weighted by Gasteiger charge is 2.10. The molecule has 3 aromatic rings. The van der Waals surface area contributed by atoms with Crippen LogP contribution in [0.1, 0.15) is 15.9 Å². The SMILES string of the molecule is Cc1ccc(Br)cc1-n1cnc2cc(C(=O)O)ccc21. The summed E-state index contributed by atoms with van der Waals surface area (Å²) in [7, 11) is 0. The van der Waals surface area contributed by atoms with Gasteiger partial charge in [0.1, 0.15) is 6.33 Å². The third kappa shape index (κ3) is 2.10. The fraction of sp³-hybridized carbons (Fsp3) is 0.0667. The summed E-state index contributed by atoms with van der Waals surface area (Å²) < 4.78 is 2.95. The monoisotopic (exact) mass is 330 g/mol. The van der Waals surface area contributed by atoms with Crippen LogP contribution in [0.5, 0.6) is 0 Å². The maximum Gasteiger partial charge on any atom is 0.335 e. The average Bonchev–Trinajstić information content (AvgIpc) is 2.84. The minimum absolute atomic E-state index is 0.244. The summed E-state index contributed by atoms with van der Waals surface area (Å²) in [6, 6.07) is 11.0. The number of carboxylic acids is 1. The van der Waals surface area contributed by atoms with Gasteiger partial charge < -0.3 is 5.11 Å². The van der Waals surface area contributed by atoms with Crippen LogP contribution in [0.4, 0.5) is 0 Å². The van der Waals surface area contributed by atoms with E-state index in [4.69, 9.17) is 5.11 Å². The predicted molar refractivity (Wildman–Crippen MR) is 80.5 cm³/mol. The number of carboxylic acid groups (broad SMARTS) is 1. The van der Waals surface area contributed by atoms with Crippen molar-refractivity contribution in [3.63, 3.8) is 0 Å². The van der Waals surface area contributed by atoms with E-state index in [1.54, 1.807) is 24.5 Å². The number of imidazole rings is 1. The standard InChI is InChI=1S/C15H11BrN2O2/c1-9-2-4-11(16)7-14(9)18-8-17-12-6-10(15(19)20)3-5-13(12)18/h2-8H,1H3,(H,19,20). The van der Waals surface area contributed by atoms with Gasteiger partial charge in [-0.05, 0) is 42.8 Å². The number of nitrogens with zero attached hydrogens (tertiary/aromatic N) is 2. The molecule has 1 N–H and O–H groups in total. The molecular weight excluding hydrogens is 320 g/mol. The van der Waals surface area contributed by atoms with E-state index in [0.29, 0.717) is 5.52 Å². The molecule has 0 aliphatic carbocycles. The van der Waals surface area contributed by atoms with E-state index in [9.17, 15) is 4.79 Å². The number of rotatable bonds is 2. The van der Waals surface area contributed by atoms with Gasteiger partial charge in [0.25, 0.3) is 0 Å². The summed E-state index contributed by atoms with van der Waals surface area (Å²) in [6.07, 6.45) is 1.71. The molecule has 4 nitrogen and oxygen atoms in total. The smallest absolute Gasteiger partial charge is 0.335 e. The molecule has 3 rings (SSSR count). The number of benzene rings is 2. The number of aromatic carboxylic acids is 1. The van der Waals surface area contributed by atoms with Gasteiger partial charge >= 0.3 is 5.97 Å². The van der Waals surface area contributed by atoms with E-state index in [1.165, 1.54) is 0 Å². The topological polar surface area (TPSA) is 55.1 Å². The third-order valence-electron chi connectivity index (χ3n) is 3.22. The second kappa shape index (κ2) is 4.76. The van der Waals surface area contributed by atoms with Crippen molar-refractivity contribution in [2.24, 2.45) is 0 Å². The number of aryl methyl sites for hydroxylation is 1. The van der Waals surface area contributed by atoms with E-state index in [-0.39, 0.29) is 5.56 Å². The fourth-order valence-corrected chi connectivity index (χ4v) is 2.53. The molecule has 2 aromatic carbocycles. The Morgan fingerprint density at radius 3 is 2.80 bits per heavy atom. The number of halogens is 1. The Morgan fingerprint density at radius 1 is 1.25 bits per heavy atom. The van der Waals surface area contributed by atoms with Crippen molar-refractivity contribution < 1.29 is 9.90 Å². The van der Waals surface area contributed by atoms with Crippen LogP contribution >= 0.6 is 15.9 Å². The zero-order valence-corrected chi connectivity index (χ0v) is 12.3. The highest BCUT2D eigenvalue weighted by molar-refractivity contribution is 9.10. The van der Waals surface area contributed by atoms with Gasteiger partial charge in [0.05, 0.1) is 22.3 Å². The van der Waals surface area contributed by atoms with Crippen molar-refractivity contribution in [1.29, 1.82) is 0 Å². The highest BCUT2D eigenvalue weighted by Crippen LogP contribution is 2.24. The first-order valence-corrected chi connectivity index (χ1v) is 6.82. The lowest BCUT2D eigenvalue weighted by molar-refractivity contribution is 0.0697. The molecular formula is C15H11BrN2O2. The highest BCUT2D eigenvalue weighted by atomic mass is 79.9. The van der Waals surface area contributed by atoms with Crippen LogP contribution in [0.3, 0.4) is 0 Å². The Hall–Kier alpha value is -2.14. The summed E-state index contributed by atoms with van der Waals surface area (Å²) in [4.78, 5) is 15.3. The molecule has 0 amide bonds. The Labute approximate surface area is 123 Å². The number of hydrogen-bond acceptors (Lipinski definition) is 2. The first-order valence-electron chi connectivity index (χ1n) is 6.03.